The predicted molar refractivity (Wildman–Crippen MR) is 55.8 cm³/mol. The Kier molecular flexibility index (Phi) is 16.1. The highest BCUT2D eigenvalue weighted by atomic mass is 16.5. The van der Waals surface area contributed by atoms with Crippen molar-refractivity contribution in [2.75, 3.05) is 20.7 Å². The summed E-state index contributed by atoms with van der Waals surface area (Å²) in [5, 5.41) is 3.05. The molecule has 0 unspecified atom stereocenters. The van der Waals surface area contributed by atoms with Gasteiger partial charge >= 0.3 is 5.97 Å². The summed E-state index contributed by atoms with van der Waals surface area (Å²) in [4.78, 5) is 10.6. The molecule has 0 rings (SSSR count). The highest BCUT2D eigenvalue weighted by molar-refractivity contribution is 5.68. The molecule has 0 aromatic rings. The summed E-state index contributed by atoms with van der Waals surface area (Å²) in [6.07, 6.45) is 3.72. The van der Waals surface area contributed by atoms with Crippen molar-refractivity contribution >= 4 is 5.97 Å². The topological polar surface area (TPSA) is 38.3 Å². The van der Waals surface area contributed by atoms with E-state index in [-0.39, 0.29) is 5.97 Å². The van der Waals surface area contributed by atoms with Crippen molar-refractivity contribution in [2.45, 2.75) is 39.5 Å². The monoisotopic (exact) mass is 189 g/mol. The zero-order valence-electron chi connectivity index (χ0n) is 9.35. The molecule has 0 saturated carbocycles. The highest BCUT2D eigenvalue weighted by Gasteiger charge is 1.97. The van der Waals surface area contributed by atoms with Crippen LogP contribution in [0.1, 0.15) is 39.5 Å². The van der Waals surface area contributed by atoms with E-state index in [1.54, 1.807) is 0 Å². The van der Waals surface area contributed by atoms with Crippen molar-refractivity contribution < 1.29 is 9.53 Å². The second kappa shape index (κ2) is 14.0. The maximum atomic E-state index is 10.6. The summed E-state index contributed by atoms with van der Waals surface area (Å²) in [7, 11) is 3.36. The first kappa shape index (κ1) is 14.9. The van der Waals surface area contributed by atoms with Gasteiger partial charge in [-0.3, -0.25) is 4.79 Å². The first-order valence-corrected chi connectivity index (χ1v) is 5.02. The summed E-state index contributed by atoms with van der Waals surface area (Å²) in [5.41, 5.74) is 0. The van der Waals surface area contributed by atoms with Gasteiger partial charge in [-0.25, -0.2) is 0 Å². The molecule has 0 aliphatic heterocycles. The molecule has 0 aromatic carbocycles. The molecule has 0 aliphatic carbocycles. The maximum absolute atomic E-state index is 10.6. The number of carbonyl (C=O) groups is 1. The Bertz CT molecular complexity index is 105. The molecule has 0 spiro atoms. The van der Waals surface area contributed by atoms with E-state index in [1.807, 2.05) is 20.9 Å². The minimum absolute atomic E-state index is 0.102. The number of rotatable bonds is 6. The molecule has 0 radical (unpaired) electrons. The van der Waals surface area contributed by atoms with E-state index in [0.29, 0.717) is 6.42 Å². The number of esters is 1. The van der Waals surface area contributed by atoms with Gasteiger partial charge in [-0.15, -0.1) is 0 Å². The normalized spacial score (nSPS) is 8.62. The van der Waals surface area contributed by atoms with Crippen molar-refractivity contribution in [3.63, 3.8) is 0 Å². The van der Waals surface area contributed by atoms with Gasteiger partial charge in [0.1, 0.15) is 0 Å². The van der Waals surface area contributed by atoms with Crippen LogP contribution >= 0.6 is 0 Å². The lowest BCUT2D eigenvalue weighted by atomic mass is 10.2. The lowest BCUT2D eigenvalue weighted by Crippen LogP contribution is -2.07. The Hall–Kier alpha value is -0.570. The van der Waals surface area contributed by atoms with Gasteiger partial charge in [-0.2, -0.15) is 0 Å². The summed E-state index contributed by atoms with van der Waals surface area (Å²) in [6, 6.07) is 0. The molecule has 0 bridgehead atoms. The zero-order valence-corrected chi connectivity index (χ0v) is 9.35. The fourth-order valence-corrected chi connectivity index (χ4v) is 0.850. The van der Waals surface area contributed by atoms with Crippen LogP contribution in [0.25, 0.3) is 0 Å². The van der Waals surface area contributed by atoms with E-state index in [4.69, 9.17) is 0 Å². The molecule has 0 heterocycles. The number of ether oxygens (including phenoxy) is 1. The molecule has 0 amide bonds. The van der Waals surface area contributed by atoms with Crippen LogP contribution in [-0.2, 0) is 9.53 Å². The van der Waals surface area contributed by atoms with Gasteiger partial charge in [-0.1, -0.05) is 20.3 Å². The molecule has 80 valence electrons. The molecule has 3 nitrogen and oxygen atoms in total. The van der Waals surface area contributed by atoms with Crippen molar-refractivity contribution in [1.82, 2.24) is 5.32 Å². The average Bonchev–Trinajstić information content (AvgIpc) is 2.20. The van der Waals surface area contributed by atoms with E-state index >= 15 is 0 Å². The second-order valence-electron chi connectivity index (χ2n) is 2.49. The largest absolute Gasteiger partial charge is 0.469 e. The van der Waals surface area contributed by atoms with Crippen LogP contribution in [-0.4, -0.2) is 26.7 Å². The molecule has 1 N–H and O–H groups in total. The first-order valence-electron chi connectivity index (χ1n) is 5.02. The van der Waals surface area contributed by atoms with Crippen molar-refractivity contribution in [3.8, 4) is 0 Å². The molecule has 0 fully saturated rings. The number of methoxy groups -OCH3 is 1. The van der Waals surface area contributed by atoms with Crippen molar-refractivity contribution in [2.24, 2.45) is 0 Å². The number of unbranched alkanes of at least 4 members (excludes halogenated alkanes) is 2. The Labute approximate surface area is 81.9 Å². The highest BCUT2D eigenvalue weighted by Crippen LogP contribution is 1.99. The van der Waals surface area contributed by atoms with Crippen LogP contribution in [0.3, 0.4) is 0 Å². The van der Waals surface area contributed by atoms with Crippen molar-refractivity contribution in [1.29, 1.82) is 0 Å². The minimum Gasteiger partial charge on any atom is -0.469 e. The van der Waals surface area contributed by atoms with Gasteiger partial charge in [0.2, 0.25) is 0 Å². The number of hydrogen-bond donors (Lipinski definition) is 1. The Balaban J connectivity index is 0. The molecule has 0 saturated heterocycles. The van der Waals surface area contributed by atoms with Crippen LogP contribution in [0.4, 0.5) is 0 Å². The zero-order chi connectivity index (χ0) is 10.5. The van der Waals surface area contributed by atoms with Gasteiger partial charge in [-0.05, 0) is 26.4 Å². The van der Waals surface area contributed by atoms with Gasteiger partial charge in [0.15, 0.2) is 0 Å². The van der Waals surface area contributed by atoms with Crippen LogP contribution in [0.5, 0.6) is 0 Å². The first-order chi connectivity index (χ1) is 6.31. The van der Waals surface area contributed by atoms with Gasteiger partial charge < -0.3 is 10.1 Å². The lowest BCUT2D eigenvalue weighted by molar-refractivity contribution is -0.140. The summed E-state index contributed by atoms with van der Waals surface area (Å²) in [5.74, 6) is -0.102. The number of nitrogens with one attached hydrogen (secondary N) is 1. The molecule has 3 heteroatoms. The van der Waals surface area contributed by atoms with Crippen LogP contribution < -0.4 is 5.32 Å². The number of carbonyl (C=O) groups excluding carboxylic acids is 1. The fraction of sp³-hybridized carbons (Fsp3) is 0.900. The summed E-state index contributed by atoms with van der Waals surface area (Å²) in [6.45, 7) is 5.03. The standard InChI is InChI=1S/C8H17NO2.C2H6/c1-9-7-5-3-4-6-8(10)11-2;1-2/h9H,3-7H2,1-2H3;1-2H3. The van der Waals surface area contributed by atoms with E-state index < -0.39 is 0 Å². The van der Waals surface area contributed by atoms with Crippen LogP contribution in [0.15, 0.2) is 0 Å². The van der Waals surface area contributed by atoms with Gasteiger partial charge in [0.25, 0.3) is 0 Å². The molecular weight excluding hydrogens is 166 g/mol. The second-order valence-corrected chi connectivity index (χ2v) is 2.49. The van der Waals surface area contributed by atoms with Gasteiger partial charge in [0, 0.05) is 6.42 Å². The predicted octanol–water partition coefficient (Wildman–Crippen LogP) is 1.97. The summed E-state index contributed by atoms with van der Waals surface area (Å²) >= 11 is 0. The van der Waals surface area contributed by atoms with Crippen LogP contribution in [0, 0.1) is 0 Å². The molecular formula is C10H23NO2. The third-order valence-corrected chi connectivity index (χ3v) is 1.54. The van der Waals surface area contributed by atoms with Gasteiger partial charge in [0.05, 0.1) is 7.11 Å². The average molecular weight is 189 g/mol. The maximum Gasteiger partial charge on any atom is 0.305 e. The van der Waals surface area contributed by atoms with E-state index in [9.17, 15) is 4.79 Å². The SMILES string of the molecule is CC.CNCCCCCC(=O)OC. The summed E-state index contributed by atoms with van der Waals surface area (Å²) < 4.78 is 4.50. The van der Waals surface area contributed by atoms with E-state index in [2.05, 4.69) is 10.1 Å². The van der Waals surface area contributed by atoms with E-state index in [0.717, 1.165) is 25.8 Å². The van der Waals surface area contributed by atoms with Crippen molar-refractivity contribution in [3.05, 3.63) is 0 Å². The Morgan fingerprint density at radius 1 is 1.23 bits per heavy atom. The third-order valence-electron chi connectivity index (χ3n) is 1.54. The number of hydrogen-bond acceptors (Lipinski definition) is 3. The Morgan fingerprint density at radius 2 is 1.85 bits per heavy atom. The lowest BCUT2D eigenvalue weighted by Gasteiger charge is -1.99. The minimum atomic E-state index is -0.102. The molecule has 0 atom stereocenters. The molecule has 13 heavy (non-hydrogen) atoms. The van der Waals surface area contributed by atoms with Crippen LogP contribution in [0.2, 0.25) is 0 Å². The fourth-order valence-electron chi connectivity index (χ4n) is 0.850. The molecule has 0 aromatic heterocycles. The Morgan fingerprint density at radius 3 is 2.31 bits per heavy atom. The third kappa shape index (κ3) is 14.3. The smallest absolute Gasteiger partial charge is 0.305 e. The quantitative estimate of drug-likeness (QED) is 0.513. The van der Waals surface area contributed by atoms with E-state index in [1.165, 1.54) is 7.11 Å². The molecule has 0 aliphatic rings.